The highest BCUT2D eigenvalue weighted by molar-refractivity contribution is 5.67. The summed E-state index contributed by atoms with van der Waals surface area (Å²) >= 11 is 0. The smallest absolute Gasteiger partial charge is 0.424 e. The molecule has 0 aromatic heterocycles. The van der Waals surface area contributed by atoms with Crippen LogP contribution < -0.4 is 5.84 Å². The third-order valence-corrected chi connectivity index (χ3v) is 0.963. The number of ether oxygens (including phenoxy) is 1. The van der Waals surface area contributed by atoms with Crippen molar-refractivity contribution < 1.29 is 18.3 Å². The molecule has 0 aliphatic carbocycles. The zero-order valence-corrected chi connectivity index (χ0v) is 7.88. The summed E-state index contributed by atoms with van der Waals surface area (Å²) in [5, 5.41) is 0.357. The van der Waals surface area contributed by atoms with Gasteiger partial charge in [0.2, 0.25) is 0 Å². The molecule has 6 heteroatoms. The highest BCUT2D eigenvalue weighted by atomic mass is 19.3. The van der Waals surface area contributed by atoms with Gasteiger partial charge in [-0.1, -0.05) is 0 Å². The number of carbonyl (C=O) groups excluding carboxylic acids is 1. The Hall–Kier alpha value is -0.910. The van der Waals surface area contributed by atoms with Crippen LogP contribution in [0.25, 0.3) is 0 Å². The zero-order valence-electron chi connectivity index (χ0n) is 7.88. The van der Waals surface area contributed by atoms with Gasteiger partial charge in [0.15, 0.2) is 0 Å². The van der Waals surface area contributed by atoms with Crippen molar-refractivity contribution in [2.45, 2.75) is 32.8 Å². The topological polar surface area (TPSA) is 55.6 Å². The number of alkyl halides is 2. The van der Waals surface area contributed by atoms with Crippen molar-refractivity contribution >= 4 is 6.09 Å². The zero-order chi connectivity index (χ0) is 10.6. The average Bonchev–Trinajstić information content (AvgIpc) is 1.81. The largest absolute Gasteiger partial charge is 0.443 e. The van der Waals surface area contributed by atoms with E-state index in [0.717, 1.165) is 0 Å². The van der Waals surface area contributed by atoms with Crippen LogP contribution in [-0.4, -0.2) is 29.7 Å². The van der Waals surface area contributed by atoms with Crippen molar-refractivity contribution in [3.63, 3.8) is 0 Å². The van der Waals surface area contributed by atoms with Crippen LogP contribution in [0.2, 0.25) is 0 Å². The van der Waals surface area contributed by atoms with E-state index in [1.807, 2.05) is 0 Å². The molecule has 0 rings (SSSR count). The van der Waals surface area contributed by atoms with Gasteiger partial charge >= 0.3 is 6.09 Å². The summed E-state index contributed by atoms with van der Waals surface area (Å²) in [4.78, 5) is 10.9. The minimum absolute atomic E-state index is 0.357. The summed E-state index contributed by atoms with van der Waals surface area (Å²) < 4.78 is 28.2. The van der Waals surface area contributed by atoms with Crippen molar-refractivity contribution in [2.24, 2.45) is 5.84 Å². The number of carbonyl (C=O) groups is 1. The Morgan fingerprint density at radius 3 is 2.31 bits per heavy atom. The Kier molecular flexibility index (Phi) is 4.06. The van der Waals surface area contributed by atoms with E-state index >= 15 is 0 Å². The maximum absolute atomic E-state index is 11.7. The average molecular weight is 196 g/mol. The van der Waals surface area contributed by atoms with Crippen LogP contribution in [0.1, 0.15) is 20.8 Å². The van der Waals surface area contributed by atoms with Gasteiger partial charge in [0, 0.05) is 0 Å². The third-order valence-electron chi connectivity index (χ3n) is 0.963. The van der Waals surface area contributed by atoms with E-state index in [1.165, 1.54) is 0 Å². The Bertz CT molecular complexity index is 180. The highest BCUT2D eigenvalue weighted by Gasteiger charge is 2.21. The van der Waals surface area contributed by atoms with E-state index in [2.05, 4.69) is 0 Å². The quantitative estimate of drug-likeness (QED) is 0.412. The van der Waals surface area contributed by atoms with Crippen molar-refractivity contribution in [1.82, 2.24) is 5.01 Å². The van der Waals surface area contributed by atoms with Gasteiger partial charge in [-0.2, -0.15) is 0 Å². The first-order valence-electron chi connectivity index (χ1n) is 3.76. The maximum atomic E-state index is 11.7. The standard InChI is InChI=1S/C7H14F2N2O2/c1-7(2,3)13-6(12)11(10)4-5(8)9/h5H,4,10H2,1-3H3. The minimum Gasteiger partial charge on any atom is -0.443 e. The van der Waals surface area contributed by atoms with E-state index in [-0.39, 0.29) is 0 Å². The van der Waals surface area contributed by atoms with Crippen molar-refractivity contribution in [1.29, 1.82) is 0 Å². The summed E-state index contributed by atoms with van der Waals surface area (Å²) in [6.45, 7) is 4.05. The lowest BCUT2D eigenvalue weighted by Crippen LogP contribution is -2.43. The first-order valence-corrected chi connectivity index (χ1v) is 3.76. The maximum Gasteiger partial charge on any atom is 0.424 e. The second-order valence-electron chi connectivity index (χ2n) is 3.52. The normalized spacial score (nSPS) is 11.6. The van der Waals surface area contributed by atoms with Crippen LogP contribution in [0.5, 0.6) is 0 Å². The lowest BCUT2D eigenvalue weighted by molar-refractivity contribution is 0.0100. The SMILES string of the molecule is CC(C)(C)OC(=O)N(N)CC(F)F. The van der Waals surface area contributed by atoms with Gasteiger partial charge in [-0.25, -0.2) is 24.4 Å². The molecule has 0 fully saturated rings. The Labute approximate surface area is 75.6 Å². The van der Waals surface area contributed by atoms with Gasteiger partial charge in [0.1, 0.15) is 12.1 Å². The number of halogens is 2. The molecular weight excluding hydrogens is 182 g/mol. The number of nitrogens with two attached hydrogens (primary N) is 1. The van der Waals surface area contributed by atoms with Gasteiger partial charge in [0.25, 0.3) is 6.43 Å². The predicted octanol–water partition coefficient (Wildman–Crippen LogP) is 1.36. The Morgan fingerprint density at radius 2 is 2.00 bits per heavy atom. The molecule has 0 aromatic rings. The van der Waals surface area contributed by atoms with Gasteiger partial charge in [-0.15, -0.1) is 0 Å². The molecule has 0 radical (unpaired) electrons. The molecule has 4 nitrogen and oxygen atoms in total. The molecule has 0 saturated heterocycles. The van der Waals surface area contributed by atoms with Crippen LogP contribution in [0.3, 0.4) is 0 Å². The first kappa shape index (κ1) is 12.1. The number of hydrazine groups is 1. The predicted molar refractivity (Wildman–Crippen MR) is 43.1 cm³/mol. The molecule has 0 unspecified atom stereocenters. The number of hydrogen-bond donors (Lipinski definition) is 1. The Morgan fingerprint density at radius 1 is 1.54 bits per heavy atom. The minimum atomic E-state index is -2.66. The summed E-state index contributed by atoms with van der Waals surface area (Å²) in [6, 6.07) is 0. The van der Waals surface area contributed by atoms with Crippen LogP contribution in [0.4, 0.5) is 13.6 Å². The molecule has 13 heavy (non-hydrogen) atoms. The molecule has 0 atom stereocenters. The fraction of sp³-hybridized carbons (Fsp3) is 0.857. The number of nitrogens with zero attached hydrogens (tertiary/aromatic N) is 1. The molecule has 0 spiro atoms. The highest BCUT2D eigenvalue weighted by Crippen LogP contribution is 2.08. The van der Waals surface area contributed by atoms with Gasteiger partial charge in [-0.3, -0.25) is 0 Å². The molecule has 0 aliphatic heterocycles. The summed E-state index contributed by atoms with van der Waals surface area (Å²) in [5.41, 5.74) is -0.725. The summed E-state index contributed by atoms with van der Waals surface area (Å²) in [5.74, 6) is 5.00. The summed E-state index contributed by atoms with van der Waals surface area (Å²) in [7, 11) is 0. The lowest BCUT2D eigenvalue weighted by Gasteiger charge is -2.23. The van der Waals surface area contributed by atoms with E-state index in [0.29, 0.717) is 5.01 Å². The van der Waals surface area contributed by atoms with Crippen LogP contribution in [0.15, 0.2) is 0 Å². The molecule has 0 bridgehead atoms. The number of amides is 1. The second kappa shape index (κ2) is 4.36. The van der Waals surface area contributed by atoms with E-state index < -0.39 is 24.7 Å². The summed E-state index contributed by atoms with van der Waals surface area (Å²) in [6.07, 6.45) is -3.61. The van der Waals surface area contributed by atoms with Crippen molar-refractivity contribution in [3.05, 3.63) is 0 Å². The lowest BCUT2D eigenvalue weighted by atomic mass is 10.2. The molecule has 0 aliphatic rings. The van der Waals surface area contributed by atoms with E-state index in [4.69, 9.17) is 10.6 Å². The molecular formula is C7H14F2N2O2. The van der Waals surface area contributed by atoms with Crippen molar-refractivity contribution in [2.75, 3.05) is 6.54 Å². The van der Waals surface area contributed by atoms with E-state index in [9.17, 15) is 13.6 Å². The van der Waals surface area contributed by atoms with Crippen LogP contribution in [-0.2, 0) is 4.74 Å². The second-order valence-corrected chi connectivity index (χ2v) is 3.52. The molecule has 1 amide bonds. The van der Waals surface area contributed by atoms with Crippen molar-refractivity contribution in [3.8, 4) is 0 Å². The molecule has 0 saturated carbocycles. The number of rotatable bonds is 2. The Balaban J connectivity index is 3.97. The van der Waals surface area contributed by atoms with Gasteiger partial charge in [-0.05, 0) is 20.8 Å². The molecule has 0 aromatic carbocycles. The number of hydrogen-bond acceptors (Lipinski definition) is 3. The van der Waals surface area contributed by atoms with Gasteiger partial charge in [0.05, 0.1) is 0 Å². The van der Waals surface area contributed by atoms with Gasteiger partial charge < -0.3 is 4.74 Å². The molecule has 2 N–H and O–H groups in total. The molecule has 0 heterocycles. The van der Waals surface area contributed by atoms with Crippen LogP contribution in [0, 0.1) is 0 Å². The third kappa shape index (κ3) is 6.27. The van der Waals surface area contributed by atoms with Crippen LogP contribution >= 0.6 is 0 Å². The fourth-order valence-electron chi connectivity index (χ4n) is 0.544. The van der Waals surface area contributed by atoms with E-state index in [1.54, 1.807) is 20.8 Å². The molecule has 78 valence electrons. The fourth-order valence-corrected chi connectivity index (χ4v) is 0.544. The monoisotopic (exact) mass is 196 g/mol. The first-order chi connectivity index (χ1) is 5.72.